The van der Waals surface area contributed by atoms with E-state index in [9.17, 15) is 9.18 Å². The maximum atomic E-state index is 11.8. The van der Waals surface area contributed by atoms with E-state index in [4.69, 9.17) is 11.6 Å². The monoisotopic (exact) mass is 176 g/mol. The van der Waals surface area contributed by atoms with Crippen molar-refractivity contribution >= 4 is 11.6 Å². The molecule has 0 spiro atoms. The number of aromatic nitrogens is 2. The van der Waals surface area contributed by atoms with Crippen molar-refractivity contribution in [3.05, 3.63) is 27.9 Å². The predicted molar refractivity (Wildman–Crippen MR) is 39.5 cm³/mol. The molecule has 0 saturated heterocycles. The molecule has 5 heteroatoms. The first kappa shape index (κ1) is 8.20. The Morgan fingerprint density at radius 1 is 1.73 bits per heavy atom. The number of aryl methyl sites for hydroxylation is 1. The van der Waals surface area contributed by atoms with Crippen LogP contribution in [0.25, 0.3) is 0 Å². The summed E-state index contributed by atoms with van der Waals surface area (Å²) in [7, 11) is 0. The molecule has 0 bridgehead atoms. The predicted octanol–water partition coefficient (Wildman–Crippen LogP) is 0.866. The zero-order chi connectivity index (χ0) is 8.27. The Labute approximate surface area is 67.4 Å². The van der Waals surface area contributed by atoms with Crippen molar-refractivity contribution in [3.63, 3.8) is 0 Å². The normalized spacial score (nSPS) is 10.0. The molecule has 0 saturated carbocycles. The van der Waals surface area contributed by atoms with Crippen molar-refractivity contribution in [1.29, 1.82) is 0 Å². The molecule has 1 heterocycles. The standard InChI is InChI=1S/C6H6ClFN2O/c7-5-6(11)10(3-1-8)4-2-9-5/h2,4H,1,3H2. The topological polar surface area (TPSA) is 34.9 Å². The van der Waals surface area contributed by atoms with Gasteiger partial charge in [0.1, 0.15) is 6.67 Å². The SMILES string of the molecule is O=c1c(Cl)nccn1CCF. The molecule has 0 unspecified atom stereocenters. The molecule has 0 N–H and O–H groups in total. The van der Waals surface area contributed by atoms with E-state index in [1.807, 2.05) is 0 Å². The lowest BCUT2D eigenvalue weighted by Gasteiger charge is -1.99. The molecule has 0 radical (unpaired) electrons. The van der Waals surface area contributed by atoms with E-state index in [0.29, 0.717) is 0 Å². The van der Waals surface area contributed by atoms with Crippen LogP contribution in [0.2, 0.25) is 5.15 Å². The molecule has 0 amide bonds. The highest BCUT2D eigenvalue weighted by Crippen LogP contribution is 1.92. The first-order chi connectivity index (χ1) is 5.25. The summed E-state index contributed by atoms with van der Waals surface area (Å²) < 4.78 is 12.9. The minimum Gasteiger partial charge on any atom is -0.309 e. The van der Waals surface area contributed by atoms with Crippen LogP contribution in [-0.2, 0) is 6.54 Å². The van der Waals surface area contributed by atoms with Gasteiger partial charge in [-0.3, -0.25) is 4.79 Å². The van der Waals surface area contributed by atoms with Crippen molar-refractivity contribution in [2.45, 2.75) is 6.54 Å². The zero-order valence-corrected chi connectivity index (χ0v) is 6.38. The van der Waals surface area contributed by atoms with Crippen molar-refractivity contribution in [1.82, 2.24) is 9.55 Å². The lowest BCUT2D eigenvalue weighted by atomic mass is 10.6. The smallest absolute Gasteiger partial charge is 0.288 e. The lowest BCUT2D eigenvalue weighted by molar-refractivity contribution is 0.439. The van der Waals surface area contributed by atoms with Gasteiger partial charge in [0, 0.05) is 12.4 Å². The summed E-state index contributed by atoms with van der Waals surface area (Å²) in [5.74, 6) is 0. The van der Waals surface area contributed by atoms with Gasteiger partial charge < -0.3 is 4.57 Å². The maximum Gasteiger partial charge on any atom is 0.288 e. The minimum atomic E-state index is -0.583. The second-order valence-corrected chi connectivity index (χ2v) is 2.26. The van der Waals surface area contributed by atoms with Gasteiger partial charge in [0.25, 0.3) is 5.56 Å². The van der Waals surface area contributed by atoms with Crippen molar-refractivity contribution < 1.29 is 4.39 Å². The van der Waals surface area contributed by atoms with Crippen LogP contribution < -0.4 is 5.56 Å². The molecule has 3 nitrogen and oxygen atoms in total. The van der Waals surface area contributed by atoms with Crippen LogP contribution in [-0.4, -0.2) is 16.2 Å². The van der Waals surface area contributed by atoms with E-state index in [1.54, 1.807) is 0 Å². The van der Waals surface area contributed by atoms with Crippen LogP contribution in [0.3, 0.4) is 0 Å². The molecule has 1 aromatic rings. The molecular weight excluding hydrogens is 171 g/mol. The molecular formula is C6H6ClFN2O. The Bertz CT molecular complexity index is 299. The summed E-state index contributed by atoms with van der Waals surface area (Å²) in [6.45, 7) is -0.554. The number of halogens is 2. The van der Waals surface area contributed by atoms with Crippen molar-refractivity contribution in [2.75, 3.05) is 6.67 Å². The van der Waals surface area contributed by atoms with E-state index in [1.165, 1.54) is 17.0 Å². The highest BCUT2D eigenvalue weighted by Gasteiger charge is 1.99. The molecule has 0 aromatic carbocycles. The first-order valence-electron chi connectivity index (χ1n) is 3.02. The molecule has 0 atom stereocenters. The number of hydrogen-bond acceptors (Lipinski definition) is 2. The number of hydrogen-bond donors (Lipinski definition) is 0. The number of rotatable bonds is 2. The molecule has 11 heavy (non-hydrogen) atoms. The van der Waals surface area contributed by atoms with Gasteiger partial charge >= 0.3 is 0 Å². The Balaban J connectivity index is 3.07. The van der Waals surface area contributed by atoms with Gasteiger partial charge in [-0.25, -0.2) is 9.37 Å². The van der Waals surface area contributed by atoms with Gasteiger partial charge in [-0.2, -0.15) is 0 Å². The van der Waals surface area contributed by atoms with Gasteiger partial charge in [-0.1, -0.05) is 11.6 Å². The third-order valence-corrected chi connectivity index (χ3v) is 1.46. The summed E-state index contributed by atoms with van der Waals surface area (Å²) in [5.41, 5.74) is -0.452. The molecule has 0 aliphatic heterocycles. The van der Waals surface area contributed by atoms with E-state index < -0.39 is 12.2 Å². The number of nitrogens with zero attached hydrogens (tertiary/aromatic N) is 2. The first-order valence-corrected chi connectivity index (χ1v) is 3.40. The summed E-state index contributed by atoms with van der Waals surface area (Å²) in [4.78, 5) is 14.5. The fourth-order valence-corrected chi connectivity index (χ4v) is 0.853. The molecule has 0 aliphatic rings. The van der Waals surface area contributed by atoms with Crippen LogP contribution >= 0.6 is 11.6 Å². The van der Waals surface area contributed by atoms with Gasteiger partial charge in [-0.15, -0.1) is 0 Å². The Hall–Kier alpha value is -0.900. The van der Waals surface area contributed by atoms with E-state index in [0.717, 1.165) is 0 Å². The quantitative estimate of drug-likeness (QED) is 0.670. The highest BCUT2D eigenvalue weighted by molar-refractivity contribution is 6.29. The van der Waals surface area contributed by atoms with Crippen LogP contribution in [0, 0.1) is 0 Å². The minimum absolute atomic E-state index is 0.0288. The summed E-state index contributed by atoms with van der Waals surface area (Å²) in [5, 5.41) is -0.124. The van der Waals surface area contributed by atoms with Crippen LogP contribution in [0.15, 0.2) is 17.2 Å². The van der Waals surface area contributed by atoms with Gasteiger partial charge in [-0.05, 0) is 0 Å². The maximum absolute atomic E-state index is 11.8. The molecule has 1 rings (SSSR count). The largest absolute Gasteiger partial charge is 0.309 e. The summed E-state index contributed by atoms with van der Waals surface area (Å²) >= 11 is 5.38. The fourth-order valence-electron chi connectivity index (χ4n) is 0.688. The van der Waals surface area contributed by atoms with Gasteiger partial charge in [0.05, 0.1) is 6.54 Å². The summed E-state index contributed by atoms with van der Waals surface area (Å²) in [6, 6.07) is 0. The average Bonchev–Trinajstić information content (AvgIpc) is 1.99. The molecule has 60 valence electrons. The van der Waals surface area contributed by atoms with Crippen molar-refractivity contribution in [2.24, 2.45) is 0 Å². The fraction of sp³-hybridized carbons (Fsp3) is 0.333. The molecule has 0 fully saturated rings. The van der Waals surface area contributed by atoms with E-state index in [-0.39, 0.29) is 11.7 Å². The number of alkyl halides is 1. The Morgan fingerprint density at radius 3 is 3.09 bits per heavy atom. The zero-order valence-electron chi connectivity index (χ0n) is 5.63. The summed E-state index contributed by atoms with van der Waals surface area (Å²) in [6.07, 6.45) is 2.76. The third kappa shape index (κ3) is 1.77. The lowest BCUT2D eigenvalue weighted by Crippen LogP contribution is -2.21. The average molecular weight is 177 g/mol. The molecule has 0 aliphatic carbocycles. The Morgan fingerprint density at radius 2 is 2.45 bits per heavy atom. The van der Waals surface area contributed by atoms with Gasteiger partial charge in [0.2, 0.25) is 0 Å². The van der Waals surface area contributed by atoms with Crippen LogP contribution in [0.1, 0.15) is 0 Å². The van der Waals surface area contributed by atoms with E-state index >= 15 is 0 Å². The second kappa shape index (κ2) is 3.48. The molecule has 1 aromatic heterocycles. The van der Waals surface area contributed by atoms with E-state index in [2.05, 4.69) is 4.98 Å². The van der Waals surface area contributed by atoms with Gasteiger partial charge in [0.15, 0.2) is 5.15 Å². The second-order valence-electron chi connectivity index (χ2n) is 1.91. The van der Waals surface area contributed by atoms with Crippen LogP contribution in [0.5, 0.6) is 0 Å². The van der Waals surface area contributed by atoms with Crippen LogP contribution in [0.4, 0.5) is 4.39 Å². The highest BCUT2D eigenvalue weighted by atomic mass is 35.5. The third-order valence-electron chi connectivity index (χ3n) is 1.20. The Kier molecular flexibility index (Phi) is 2.59. The van der Waals surface area contributed by atoms with Crippen molar-refractivity contribution in [3.8, 4) is 0 Å².